The summed E-state index contributed by atoms with van der Waals surface area (Å²) in [6, 6.07) is 23.7. The monoisotopic (exact) mass is 427 g/mol. The summed E-state index contributed by atoms with van der Waals surface area (Å²) in [6.07, 6.45) is 0.732. The quantitative estimate of drug-likeness (QED) is 0.569. The minimum Gasteiger partial charge on any atom is -0.503 e. The predicted octanol–water partition coefficient (Wildman–Crippen LogP) is 5.11. The molecule has 0 bridgehead atoms. The highest BCUT2D eigenvalue weighted by Gasteiger charge is 2.44. The molecule has 1 unspecified atom stereocenters. The van der Waals surface area contributed by atoms with Crippen LogP contribution >= 0.6 is 0 Å². The van der Waals surface area contributed by atoms with E-state index in [1.807, 2.05) is 73.7 Å². The SMILES string of the molecule is COc1ccc(C2C(C(=O)CCc3ccccc3)=C(O)C(=O)N2c2ccc(C)cc2)cc1. The van der Waals surface area contributed by atoms with Crippen molar-refractivity contribution in [1.82, 2.24) is 0 Å². The predicted molar refractivity (Wildman–Crippen MR) is 124 cm³/mol. The number of anilines is 1. The van der Waals surface area contributed by atoms with Crippen LogP contribution in [0.3, 0.4) is 0 Å². The van der Waals surface area contributed by atoms with Crippen LogP contribution in [0.15, 0.2) is 90.2 Å². The van der Waals surface area contributed by atoms with Crippen molar-refractivity contribution in [1.29, 1.82) is 0 Å². The maximum Gasteiger partial charge on any atom is 0.294 e. The topological polar surface area (TPSA) is 66.8 Å². The van der Waals surface area contributed by atoms with Gasteiger partial charge in [-0.1, -0.05) is 60.2 Å². The lowest BCUT2D eigenvalue weighted by Crippen LogP contribution is -2.31. The van der Waals surface area contributed by atoms with Gasteiger partial charge in [-0.3, -0.25) is 14.5 Å². The molecule has 3 aromatic rings. The fourth-order valence-electron chi connectivity index (χ4n) is 4.00. The number of hydrogen-bond acceptors (Lipinski definition) is 4. The van der Waals surface area contributed by atoms with Gasteiger partial charge in [0.05, 0.1) is 18.7 Å². The van der Waals surface area contributed by atoms with Crippen LogP contribution in [0.2, 0.25) is 0 Å². The van der Waals surface area contributed by atoms with Gasteiger partial charge in [0.1, 0.15) is 5.75 Å². The molecule has 1 N–H and O–H groups in total. The fourth-order valence-corrected chi connectivity index (χ4v) is 4.00. The van der Waals surface area contributed by atoms with Gasteiger partial charge in [-0.2, -0.15) is 0 Å². The Morgan fingerprint density at radius 2 is 1.62 bits per heavy atom. The Kier molecular flexibility index (Phi) is 6.08. The highest BCUT2D eigenvalue weighted by atomic mass is 16.5. The molecule has 5 heteroatoms. The number of aliphatic hydroxyl groups excluding tert-OH is 1. The third kappa shape index (κ3) is 4.14. The normalized spacial score (nSPS) is 15.9. The molecule has 32 heavy (non-hydrogen) atoms. The van der Waals surface area contributed by atoms with Crippen LogP contribution < -0.4 is 9.64 Å². The van der Waals surface area contributed by atoms with Gasteiger partial charge < -0.3 is 9.84 Å². The van der Waals surface area contributed by atoms with Crippen molar-refractivity contribution >= 4 is 17.4 Å². The van der Waals surface area contributed by atoms with Gasteiger partial charge in [-0.25, -0.2) is 0 Å². The van der Waals surface area contributed by atoms with E-state index in [9.17, 15) is 14.7 Å². The summed E-state index contributed by atoms with van der Waals surface area (Å²) in [5, 5.41) is 10.8. The minimum absolute atomic E-state index is 0.136. The number of nitrogens with zero attached hydrogens (tertiary/aromatic N) is 1. The number of ether oxygens (including phenoxy) is 1. The number of hydrogen-bond donors (Lipinski definition) is 1. The van der Waals surface area contributed by atoms with Crippen molar-refractivity contribution in [2.45, 2.75) is 25.8 Å². The standard InChI is InChI=1S/C27H25NO4/c1-18-8-13-21(14-9-18)28-25(20-11-15-22(32-2)16-12-20)24(26(30)27(28)31)23(29)17-10-19-6-4-3-5-7-19/h3-9,11-16,25,30H,10,17H2,1-2H3. The molecular weight excluding hydrogens is 402 g/mol. The van der Waals surface area contributed by atoms with Crippen molar-refractivity contribution in [3.63, 3.8) is 0 Å². The van der Waals surface area contributed by atoms with Gasteiger partial charge in [0.2, 0.25) is 0 Å². The van der Waals surface area contributed by atoms with E-state index in [1.165, 1.54) is 4.90 Å². The smallest absolute Gasteiger partial charge is 0.294 e. The third-order valence-electron chi connectivity index (χ3n) is 5.74. The van der Waals surface area contributed by atoms with Gasteiger partial charge in [0.25, 0.3) is 5.91 Å². The zero-order chi connectivity index (χ0) is 22.7. The lowest BCUT2D eigenvalue weighted by Gasteiger charge is -2.27. The van der Waals surface area contributed by atoms with Gasteiger partial charge in [0.15, 0.2) is 11.5 Å². The number of aryl methyl sites for hydroxylation is 2. The molecule has 0 saturated heterocycles. The molecule has 3 aromatic carbocycles. The third-order valence-corrected chi connectivity index (χ3v) is 5.74. The molecule has 1 amide bonds. The van der Waals surface area contributed by atoms with Crippen LogP contribution in [0.1, 0.15) is 29.2 Å². The highest BCUT2D eigenvalue weighted by molar-refractivity contribution is 6.16. The fraction of sp³-hybridized carbons (Fsp3) is 0.185. The van der Waals surface area contributed by atoms with Crippen LogP contribution in [0.4, 0.5) is 5.69 Å². The molecule has 0 saturated carbocycles. The molecule has 0 aliphatic carbocycles. The van der Waals surface area contributed by atoms with Crippen molar-refractivity contribution < 1.29 is 19.4 Å². The maximum atomic E-state index is 13.3. The van der Waals surface area contributed by atoms with Gasteiger partial charge in [-0.05, 0) is 48.7 Å². The van der Waals surface area contributed by atoms with E-state index >= 15 is 0 Å². The second-order valence-corrected chi connectivity index (χ2v) is 7.86. The lowest BCUT2D eigenvalue weighted by molar-refractivity contribution is -0.118. The number of Topliss-reactive ketones (excluding diaryl/α,β-unsaturated/α-hetero) is 1. The number of carbonyl (C=O) groups excluding carboxylic acids is 2. The summed E-state index contributed by atoms with van der Waals surface area (Å²) >= 11 is 0. The van der Waals surface area contributed by atoms with Gasteiger partial charge in [-0.15, -0.1) is 0 Å². The summed E-state index contributed by atoms with van der Waals surface area (Å²) in [4.78, 5) is 27.9. The Morgan fingerprint density at radius 1 is 0.969 bits per heavy atom. The second kappa shape index (κ2) is 9.10. The Bertz CT molecular complexity index is 1150. The number of rotatable bonds is 7. The summed E-state index contributed by atoms with van der Waals surface area (Å²) in [7, 11) is 1.58. The molecule has 0 fully saturated rings. The zero-order valence-corrected chi connectivity index (χ0v) is 18.1. The summed E-state index contributed by atoms with van der Waals surface area (Å²) in [5.74, 6) is -0.623. The molecule has 0 spiro atoms. The van der Waals surface area contributed by atoms with Crippen molar-refractivity contribution in [3.05, 3.63) is 107 Å². The van der Waals surface area contributed by atoms with Crippen LogP contribution in [-0.4, -0.2) is 23.9 Å². The number of benzene rings is 3. The number of methoxy groups -OCH3 is 1. The van der Waals surface area contributed by atoms with Crippen molar-refractivity contribution in [2.75, 3.05) is 12.0 Å². The first-order chi connectivity index (χ1) is 15.5. The van der Waals surface area contributed by atoms with E-state index in [-0.39, 0.29) is 17.8 Å². The van der Waals surface area contributed by atoms with E-state index in [0.717, 1.165) is 16.7 Å². The minimum atomic E-state index is -0.709. The number of carbonyl (C=O) groups is 2. The number of ketones is 1. The average molecular weight is 428 g/mol. The van der Waals surface area contributed by atoms with E-state index in [4.69, 9.17) is 4.74 Å². The van der Waals surface area contributed by atoms with E-state index < -0.39 is 17.7 Å². The zero-order valence-electron chi connectivity index (χ0n) is 18.1. The first-order valence-corrected chi connectivity index (χ1v) is 10.5. The van der Waals surface area contributed by atoms with Crippen LogP contribution in [-0.2, 0) is 16.0 Å². The summed E-state index contributed by atoms with van der Waals surface area (Å²) in [5.41, 5.74) is 3.57. The van der Waals surface area contributed by atoms with Crippen LogP contribution in [0, 0.1) is 6.92 Å². The van der Waals surface area contributed by atoms with E-state index in [1.54, 1.807) is 19.2 Å². The molecule has 1 aliphatic heterocycles. The molecule has 0 radical (unpaired) electrons. The number of aliphatic hydroxyl groups is 1. The van der Waals surface area contributed by atoms with Gasteiger partial charge in [0, 0.05) is 12.1 Å². The van der Waals surface area contributed by atoms with Crippen LogP contribution in [0.5, 0.6) is 5.75 Å². The molecule has 4 rings (SSSR count). The molecule has 5 nitrogen and oxygen atoms in total. The lowest BCUT2D eigenvalue weighted by atomic mass is 9.93. The Labute approximate surface area is 187 Å². The first-order valence-electron chi connectivity index (χ1n) is 10.5. The van der Waals surface area contributed by atoms with Crippen molar-refractivity contribution in [3.8, 4) is 5.75 Å². The Morgan fingerprint density at radius 3 is 2.25 bits per heavy atom. The summed E-state index contributed by atoms with van der Waals surface area (Å²) in [6.45, 7) is 1.96. The molecule has 1 heterocycles. The molecule has 162 valence electrons. The van der Waals surface area contributed by atoms with Crippen LogP contribution in [0.25, 0.3) is 0 Å². The number of amides is 1. The van der Waals surface area contributed by atoms with E-state index in [0.29, 0.717) is 17.9 Å². The first kappa shape index (κ1) is 21.4. The van der Waals surface area contributed by atoms with Gasteiger partial charge >= 0.3 is 0 Å². The molecule has 0 aromatic heterocycles. The molecular formula is C27H25NO4. The molecule has 1 aliphatic rings. The highest BCUT2D eigenvalue weighted by Crippen LogP contribution is 2.41. The largest absolute Gasteiger partial charge is 0.503 e. The van der Waals surface area contributed by atoms with E-state index in [2.05, 4.69) is 0 Å². The Balaban J connectivity index is 1.72. The molecule has 1 atom stereocenters. The maximum absolute atomic E-state index is 13.3. The Hall–Kier alpha value is -3.86. The summed E-state index contributed by atoms with van der Waals surface area (Å²) < 4.78 is 5.25. The van der Waals surface area contributed by atoms with Crippen molar-refractivity contribution in [2.24, 2.45) is 0 Å². The second-order valence-electron chi connectivity index (χ2n) is 7.86. The average Bonchev–Trinajstić information content (AvgIpc) is 3.09.